The number of anilines is 2. The first kappa shape index (κ1) is 21.6. The van der Waals surface area contributed by atoms with Crippen molar-refractivity contribution >= 4 is 39.0 Å². The molecule has 0 saturated heterocycles. The number of amides is 1. The summed E-state index contributed by atoms with van der Waals surface area (Å²) in [5.41, 5.74) is 5.07. The Labute approximate surface area is 190 Å². The highest BCUT2D eigenvalue weighted by Gasteiger charge is 2.17. The van der Waals surface area contributed by atoms with Gasteiger partial charge in [0.1, 0.15) is 23.6 Å². The lowest BCUT2D eigenvalue weighted by molar-refractivity contribution is 0.102. The van der Waals surface area contributed by atoms with E-state index in [-0.39, 0.29) is 5.91 Å². The highest BCUT2D eigenvalue weighted by atomic mass is 32.1. The van der Waals surface area contributed by atoms with Crippen molar-refractivity contribution in [2.45, 2.75) is 20.4 Å². The molecule has 4 aromatic rings. The normalized spacial score (nSPS) is 10.8. The number of hydrogen-bond donors (Lipinski definition) is 2. The Morgan fingerprint density at radius 3 is 2.59 bits per heavy atom. The summed E-state index contributed by atoms with van der Waals surface area (Å²) >= 11 is 1.44. The van der Waals surface area contributed by atoms with Crippen molar-refractivity contribution in [1.82, 2.24) is 9.97 Å². The van der Waals surface area contributed by atoms with Gasteiger partial charge in [-0.05, 0) is 54.8 Å². The topological polar surface area (TPSA) is 85.4 Å². The lowest BCUT2D eigenvalue weighted by atomic mass is 10.1. The van der Waals surface area contributed by atoms with Gasteiger partial charge in [-0.2, -0.15) is 0 Å². The molecular weight excluding hydrogens is 424 g/mol. The zero-order valence-electron chi connectivity index (χ0n) is 18.4. The number of thiophene rings is 1. The van der Waals surface area contributed by atoms with Crippen molar-refractivity contribution in [2.24, 2.45) is 0 Å². The van der Waals surface area contributed by atoms with Crippen LogP contribution in [-0.4, -0.2) is 30.1 Å². The lowest BCUT2D eigenvalue weighted by Crippen LogP contribution is -2.12. The maximum atomic E-state index is 13.0. The summed E-state index contributed by atoms with van der Waals surface area (Å²) in [5, 5.41) is 8.13. The molecule has 0 radical (unpaired) electrons. The van der Waals surface area contributed by atoms with E-state index in [1.165, 1.54) is 17.7 Å². The average Bonchev–Trinajstić information content (AvgIpc) is 3.22. The highest BCUT2D eigenvalue weighted by molar-refractivity contribution is 7.18. The summed E-state index contributed by atoms with van der Waals surface area (Å²) in [6.45, 7) is 4.60. The number of nitrogens with one attached hydrogen (secondary N) is 2. The van der Waals surface area contributed by atoms with Gasteiger partial charge < -0.3 is 20.1 Å². The fraction of sp³-hybridized carbons (Fsp3) is 0.208. The summed E-state index contributed by atoms with van der Waals surface area (Å²) < 4.78 is 11.4. The van der Waals surface area contributed by atoms with Crippen LogP contribution in [0.3, 0.4) is 0 Å². The van der Waals surface area contributed by atoms with Gasteiger partial charge in [0.25, 0.3) is 5.91 Å². The molecule has 1 amide bonds. The standard InChI is InChI=1S/C24H24N4O3S/c1-14-7-17(10-19(8-14)31-4)28-24(29)20-12-32-22-21(20)26-13-27-23(22)25-11-16-5-6-18(30-3)9-15(16)2/h5-10,12-13H,11H2,1-4H3,(H,28,29)(H,25,26,27). The first-order chi connectivity index (χ1) is 15.5. The molecule has 2 heterocycles. The number of aromatic nitrogens is 2. The van der Waals surface area contributed by atoms with E-state index in [0.717, 1.165) is 27.1 Å². The van der Waals surface area contributed by atoms with Gasteiger partial charge in [0.05, 0.1) is 30.0 Å². The predicted octanol–water partition coefficient (Wildman–Crippen LogP) is 5.19. The third-order valence-corrected chi connectivity index (χ3v) is 6.11. The number of hydrogen-bond acceptors (Lipinski definition) is 7. The van der Waals surface area contributed by atoms with E-state index in [9.17, 15) is 4.79 Å². The maximum Gasteiger partial charge on any atom is 0.258 e. The molecule has 8 heteroatoms. The lowest BCUT2D eigenvalue weighted by Gasteiger charge is -2.10. The second-order valence-electron chi connectivity index (χ2n) is 7.39. The first-order valence-corrected chi connectivity index (χ1v) is 10.9. The molecule has 2 aromatic heterocycles. The van der Waals surface area contributed by atoms with E-state index in [1.54, 1.807) is 20.3 Å². The van der Waals surface area contributed by atoms with Crippen LogP contribution in [0.15, 0.2) is 48.1 Å². The molecule has 2 N–H and O–H groups in total. The van der Waals surface area contributed by atoms with Gasteiger partial charge in [0.15, 0.2) is 0 Å². The molecule has 0 aliphatic heterocycles. The highest BCUT2D eigenvalue weighted by Crippen LogP contribution is 2.31. The van der Waals surface area contributed by atoms with Crippen molar-refractivity contribution in [2.75, 3.05) is 24.9 Å². The second kappa shape index (κ2) is 9.23. The van der Waals surface area contributed by atoms with Crippen LogP contribution in [0.4, 0.5) is 11.5 Å². The van der Waals surface area contributed by atoms with Crippen LogP contribution in [0.5, 0.6) is 11.5 Å². The molecule has 164 valence electrons. The van der Waals surface area contributed by atoms with Gasteiger partial charge in [-0.25, -0.2) is 9.97 Å². The number of fused-ring (bicyclic) bond motifs is 1. The van der Waals surface area contributed by atoms with E-state index in [0.29, 0.717) is 34.9 Å². The second-order valence-corrected chi connectivity index (χ2v) is 8.27. The largest absolute Gasteiger partial charge is 0.497 e. The van der Waals surface area contributed by atoms with Crippen LogP contribution in [0, 0.1) is 13.8 Å². The molecule has 0 bridgehead atoms. The molecule has 2 aromatic carbocycles. The average molecular weight is 449 g/mol. The number of rotatable bonds is 7. The number of carbonyl (C=O) groups excluding carboxylic acids is 1. The van der Waals surface area contributed by atoms with Crippen LogP contribution in [-0.2, 0) is 6.54 Å². The molecule has 0 fully saturated rings. The number of benzene rings is 2. The molecule has 0 aliphatic rings. The van der Waals surface area contributed by atoms with E-state index in [2.05, 4.69) is 20.6 Å². The minimum absolute atomic E-state index is 0.223. The monoisotopic (exact) mass is 448 g/mol. The van der Waals surface area contributed by atoms with Gasteiger partial charge in [-0.3, -0.25) is 4.79 Å². The van der Waals surface area contributed by atoms with Crippen molar-refractivity contribution in [3.05, 3.63) is 70.4 Å². The summed E-state index contributed by atoms with van der Waals surface area (Å²) in [7, 11) is 3.26. The minimum Gasteiger partial charge on any atom is -0.497 e. The third kappa shape index (κ3) is 4.50. The van der Waals surface area contributed by atoms with Gasteiger partial charge in [0.2, 0.25) is 0 Å². The van der Waals surface area contributed by atoms with Crippen LogP contribution >= 0.6 is 11.3 Å². The van der Waals surface area contributed by atoms with E-state index in [1.807, 2.05) is 49.6 Å². The van der Waals surface area contributed by atoms with Crippen LogP contribution < -0.4 is 20.1 Å². The zero-order valence-corrected chi connectivity index (χ0v) is 19.2. The van der Waals surface area contributed by atoms with E-state index < -0.39 is 0 Å². The van der Waals surface area contributed by atoms with Crippen molar-refractivity contribution in [1.29, 1.82) is 0 Å². The van der Waals surface area contributed by atoms with Crippen LogP contribution in [0.1, 0.15) is 27.0 Å². The molecule has 4 rings (SSSR count). The fourth-order valence-electron chi connectivity index (χ4n) is 3.45. The zero-order chi connectivity index (χ0) is 22.7. The summed E-state index contributed by atoms with van der Waals surface area (Å²) in [5.74, 6) is 2.00. The Kier molecular flexibility index (Phi) is 6.23. The molecular formula is C24H24N4O3S. The van der Waals surface area contributed by atoms with E-state index in [4.69, 9.17) is 9.47 Å². The van der Waals surface area contributed by atoms with Crippen LogP contribution in [0.25, 0.3) is 10.2 Å². The summed E-state index contributed by atoms with van der Waals surface area (Å²) in [4.78, 5) is 21.7. The molecule has 0 atom stereocenters. The van der Waals surface area contributed by atoms with E-state index >= 15 is 0 Å². The van der Waals surface area contributed by atoms with Crippen molar-refractivity contribution in [3.8, 4) is 11.5 Å². The summed E-state index contributed by atoms with van der Waals surface area (Å²) in [6.07, 6.45) is 1.48. The van der Waals surface area contributed by atoms with Crippen molar-refractivity contribution < 1.29 is 14.3 Å². The smallest absolute Gasteiger partial charge is 0.258 e. The number of aryl methyl sites for hydroxylation is 2. The Morgan fingerprint density at radius 2 is 1.84 bits per heavy atom. The van der Waals surface area contributed by atoms with Gasteiger partial charge in [-0.1, -0.05) is 6.07 Å². The molecule has 0 unspecified atom stereocenters. The third-order valence-electron chi connectivity index (χ3n) is 5.14. The van der Waals surface area contributed by atoms with Gasteiger partial charge in [-0.15, -0.1) is 11.3 Å². The molecule has 32 heavy (non-hydrogen) atoms. The Morgan fingerprint density at radius 1 is 1.03 bits per heavy atom. The Hall–Kier alpha value is -3.65. The molecule has 0 saturated carbocycles. The quantitative estimate of drug-likeness (QED) is 0.405. The SMILES string of the molecule is COc1cc(C)cc(NC(=O)c2csc3c(NCc4ccc(OC)cc4C)ncnc23)c1. The fourth-order valence-corrected chi connectivity index (χ4v) is 4.41. The Bertz CT molecular complexity index is 1290. The first-order valence-electron chi connectivity index (χ1n) is 10.0. The maximum absolute atomic E-state index is 13.0. The summed E-state index contributed by atoms with van der Waals surface area (Å²) in [6, 6.07) is 11.6. The van der Waals surface area contributed by atoms with Crippen molar-refractivity contribution in [3.63, 3.8) is 0 Å². The van der Waals surface area contributed by atoms with Gasteiger partial charge >= 0.3 is 0 Å². The molecule has 0 aliphatic carbocycles. The van der Waals surface area contributed by atoms with Gasteiger partial charge in [0, 0.05) is 23.7 Å². The van der Waals surface area contributed by atoms with Crippen LogP contribution in [0.2, 0.25) is 0 Å². The molecule has 0 spiro atoms. The number of carbonyl (C=O) groups is 1. The number of methoxy groups -OCH3 is 2. The molecule has 7 nitrogen and oxygen atoms in total. The predicted molar refractivity (Wildman–Crippen MR) is 128 cm³/mol. The Balaban J connectivity index is 1.55. The number of ether oxygens (including phenoxy) is 2. The minimum atomic E-state index is -0.223. The number of nitrogens with zero attached hydrogens (tertiary/aromatic N) is 2.